The highest BCUT2D eigenvalue weighted by Crippen LogP contribution is 2.34. The summed E-state index contributed by atoms with van der Waals surface area (Å²) in [7, 11) is 0. The van der Waals surface area contributed by atoms with Crippen LogP contribution >= 0.6 is 0 Å². The molecule has 0 aliphatic carbocycles. The van der Waals surface area contributed by atoms with Gasteiger partial charge in [-0.15, -0.1) is 0 Å². The number of likely N-dealkylation sites (tertiary alicyclic amines) is 2. The minimum atomic E-state index is -0.306. The van der Waals surface area contributed by atoms with Gasteiger partial charge in [-0.3, -0.25) is 14.6 Å². The predicted molar refractivity (Wildman–Crippen MR) is 107 cm³/mol. The van der Waals surface area contributed by atoms with Crippen LogP contribution in [0.2, 0.25) is 0 Å². The molecule has 2 aromatic rings. The zero-order chi connectivity index (χ0) is 20.2. The number of pyridine rings is 1. The van der Waals surface area contributed by atoms with Crippen LogP contribution in [-0.2, 0) is 16.0 Å². The number of hydrogen-bond acceptors (Lipinski definition) is 3. The summed E-state index contributed by atoms with van der Waals surface area (Å²) in [4.78, 5) is 33.9. The number of aromatic nitrogens is 1. The van der Waals surface area contributed by atoms with Crippen LogP contribution in [0.25, 0.3) is 0 Å². The number of benzene rings is 1. The zero-order valence-electron chi connectivity index (χ0n) is 16.5. The van der Waals surface area contributed by atoms with E-state index in [0.717, 1.165) is 43.4 Å². The van der Waals surface area contributed by atoms with Crippen molar-refractivity contribution in [2.24, 2.45) is 5.92 Å². The number of piperidine rings is 1. The highest BCUT2D eigenvalue weighted by Gasteiger charge is 2.36. The van der Waals surface area contributed by atoms with E-state index in [2.05, 4.69) is 4.98 Å². The number of hydrogen-bond donors (Lipinski definition) is 0. The minimum Gasteiger partial charge on any atom is -0.342 e. The molecule has 1 aromatic heterocycles. The molecule has 2 amide bonds. The maximum Gasteiger partial charge on any atom is 0.227 e. The van der Waals surface area contributed by atoms with Crippen molar-refractivity contribution >= 4 is 11.8 Å². The third kappa shape index (κ3) is 4.47. The van der Waals surface area contributed by atoms with Gasteiger partial charge >= 0.3 is 0 Å². The first-order valence-corrected chi connectivity index (χ1v) is 10.3. The Hall–Kier alpha value is -2.76. The lowest BCUT2D eigenvalue weighted by Crippen LogP contribution is -2.47. The van der Waals surface area contributed by atoms with Crippen molar-refractivity contribution in [3.63, 3.8) is 0 Å². The SMILES string of the molecule is O=C(Cc1ccc(F)cc1)N1CCC[C@@H](C(=O)N2CCC[C@@H]2c2ccncc2)C1. The lowest BCUT2D eigenvalue weighted by Gasteiger charge is -2.36. The summed E-state index contributed by atoms with van der Waals surface area (Å²) < 4.78 is 13.1. The van der Waals surface area contributed by atoms with E-state index in [1.165, 1.54) is 12.1 Å². The van der Waals surface area contributed by atoms with E-state index >= 15 is 0 Å². The van der Waals surface area contributed by atoms with E-state index in [9.17, 15) is 14.0 Å². The smallest absolute Gasteiger partial charge is 0.227 e. The Morgan fingerprint density at radius 3 is 2.48 bits per heavy atom. The number of carbonyl (C=O) groups is 2. The van der Waals surface area contributed by atoms with Crippen LogP contribution in [0.15, 0.2) is 48.8 Å². The van der Waals surface area contributed by atoms with Crippen LogP contribution in [0.5, 0.6) is 0 Å². The van der Waals surface area contributed by atoms with Gasteiger partial charge in [0.1, 0.15) is 5.82 Å². The minimum absolute atomic E-state index is 0.00112. The molecule has 0 N–H and O–H groups in total. The normalized spacial score (nSPS) is 22.0. The zero-order valence-corrected chi connectivity index (χ0v) is 16.5. The molecule has 2 atom stereocenters. The summed E-state index contributed by atoms with van der Waals surface area (Å²) in [6, 6.07) is 10.1. The molecule has 1 aromatic carbocycles. The van der Waals surface area contributed by atoms with E-state index in [0.29, 0.717) is 13.1 Å². The monoisotopic (exact) mass is 395 g/mol. The van der Waals surface area contributed by atoms with E-state index in [4.69, 9.17) is 0 Å². The molecule has 0 bridgehead atoms. The number of carbonyl (C=O) groups excluding carboxylic acids is 2. The summed E-state index contributed by atoms with van der Waals surface area (Å²) in [5.74, 6) is -0.299. The van der Waals surface area contributed by atoms with Crippen LogP contribution in [-0.4, -0.2) is 46.2 Å². The third-order valence-electron chi connectivity index (χ3n) is 6.02. The van der Waals surface area contributed by atoms with Crippen LogP contribution in [0.1, 0.15) is 42.9 Å². The summed E-state index contributed by atoms with van der Waals surface area (Å²) in [5, 5.41) is 0. The topological polar surface area (TPSA) is 53.5 Å². The molecule has 2 saturated heterocycles. The van der Waals surface area contributed by atoms with Gasteiger partial charge in [0.25, 0.3) is 0 Å². The quantitative estimate of drug-likeness (QED) is 0.798. The highest BCUT2D eigenvalue weighted by molar-refractivity contribution is 5.83. The molecule has 4 rings (SSSR count). The van der Waals surface area contributed by atoms with Gasteiger partial charge in [0.05, 0.1) is 18.4 Å². The Bertz CT molecular complexity index is 856. The molecule has 0 saturated carbocycles. The Morgan fingerprint density at radius 1 is 1.00 bits per heavy atom. The van der Waals surface area contributed by atoms with Gasteiger partial charge < -0.3 is 9.80 Å². The van der Waals surface area contributed by atoms with Crippen LogP contribution in [0.3, 0.4) is 0 Å². The molecular weight excluding hydrogens is 369 g/mol. The van der Waals surface area contributed by atoms with Crippen molar-refractivity contribution in [1.82, 2.24) is 14.8 Å². The largest absolute Gasteiger partial charge is 0.342 e. The lowest BCUT2D eigenvalue weighted by molar-refractivity contribution is -0.141. The Labute approximate surface area is 170 Å². The molecular formula is C23H26FN3O2. The van der Waals surface area contributed by atoms with Gasteiger partial charge in [0, 0.05) is 32.0 Å². The van der Waals surface area contributed by atoms with Crippen molar-refractivity contribution in [3.8, 4) is 0 Å². The Morgan fingerprint density at radius 2 is 1.72 bits per heavy atom. The highest BCUT2D eigenvalue weighted by atomic mass is 19.1. The third-order valence-corrected chi connectivity index (χ3v) is 6.02. The summed E-state index contributed by atoms with van der Waals surface area (Å²) >= 11 is 0. The van der Waals surface area contributed by atoms with E-state index in [-0.39, 0.29) is 36.0 Å². The maximum atomic E-state index is 13.3. The second-order valence-electron chi connectivity index (χ2n) is 7.95. The van der Waals surface area contributed by atoms with Gasteiger partial charge in [0.15, 0.2) is 0 Å². The average molecular weight is 395 g/mol. The number of nitrogens with zero attached hydrogens (tertiary/aromatic N) is 3. The van der Waals surface area contributed by atoms with E-state index < -0.39 is 0 Å². The molecule has 2 aliphatic heterocycles. The van der Waals surface area contributed by atoms with Crippen molar-refractivity contribution in [2.45, 2.75) is 38.1 Å². The molecule has 29 heavy (non-hydrogen) atoms. The maximum absolute atomic E-state index is 13.3. The molecule has 0 unspecified atom stereocenters. The number of halogens is 1. The fourth-order valence-electron chi connectivity index (χ4n) is 4.49. The first kappa shape index (κ1) is 19.6. The molecule has 3 heterocycles. The van der Waals surface area contributed by atoms with E-state index in [1.807, 2.05) is 17.0 Å². The second-order valence-corrected chi connectivity index (χ2v) is 7.95. The first-order valence-electron chi connectivity index (χ1n) is 10.3. The van der Waals surface area contributed by atoms with Gasteiger partial charge in [-0.05, 0) is 61.1 Å². The summed E-state index contributed by atoms with van der Waals surface area (Å²) in [5.41, 5.74) is 1.92. The van der Waals surface area contributed by atoms with Crippen molar-refractivity contribution in [3.05, 3.63) is 65.7 Å². The Kier molecular flexibility index (Phi) is 5.88. The number of amides is 2. The summed E-state index contributed by atoms with van der Waals surface area (Å²) in [6.07, 6.45) is 7.40. The fraction of sp³-hybridized carbons (Fsp3) is 0.435. The molecule has 0 radical (unpaired) electrons. The van der Waals surface area contributed by atoms with Crippen LogP contribution < -0.4 is 0 Å². The second kappa shape index (κ2) is 8.72. The fourth-order valence-corrected chi connectivity index (χ4v) is 4.49. The van der Waals surface area contributed by atoms with Gasteiger partial charge in [-0.1, -0.05) is 12.1 Å². The van der Waals surface area contributed by atoms with Gasteiger partial charge in [-0.25, -0.2) is 4.39 Å². The first-order chi connectivity index (χ1) is 14.1. The molecule has 5 nitrogen and oxygen atoms in total. The molecule has 2 fully saturated rings. The van der Waals surface area contributed by atoms with Crippen molar-refractivity contribution in [1.29, 1.82) is 0 Å². The average Bonchev–Trinajstić information content (AvgIpc) is 3.25. The standard InChI is InChI=1S/C23H26FN3O2/c24-20-7-5-17(6-8-20)15-22(28)26-13-1-3-19(16-26)23(29)27-14-2-4-21(27)18-9-11-25-12-10-18/h5-12,19,21H,1-4,13-16H2/t19-,21-/m1/s1. The van der Waals surface area contributed by atoms with Crippen LogP contribution in [0, 0.1) is 11.7 Å². The lowest BCUT2D eigenvalue weighted by atomic mass is 9.95. The predicted octanol–water partition coefficient (Wildman–Crippen LogP) is 3.37. The van der Waals surface area contributed by atoms with Gasteiger partial charge in [-0.2, -0.15) is 0 Å². The molecule has 2 aliphatic rings. The Balaban J connectivity index is 1.40. The molecule has 152 valence electrons. The molecule has 0 spiro atoms. The van der Waals surface area contributed by atoms with Crippen LogP contribution in [0.4, 0.5) is 4.39 Å². The van der Waals surface area contributed by atoms with Crippen molar-refractivity contribution in [2.75, 3.05) is 19.6 Å². The van der Waals surface area contributed by atoms with Gasteiger partial charge in [0.2, 0.25) is 11.8 Å². The number of rotatable bonds is 4. The van der Waals surface area contributed by atoms with E-state index in [1.54, 1.807) is 29.4 Å². The molecule has 6 heteroatoms. The summed E-state index contributed by atoms with van der Waals surface area (Å²) in [6.45, 7) is 1.92. The van der Waals surface area contributed by atoms with Crippen molar-refractivity contribution < 1.29 is 14.0 Å².